The van der Waals surface area contributed by atoms with Crippen LogP contribution in [0.1, 0.15) is 55.4 Å². The summed E-state index contributed by atoms with van der Waals surface area (Å²) in [6.45, 7) is 16.0. The van der Waals surface area contributed by atoms with Crippen LogP contribution in [0.25, 0.3) is 11.1 Å². The van der Waals surface area contributed by atoms with Crippen LogP contribution in [0.3, 0.4) is 0 Å². The van der Waals surface area contributed by atoms with Gasteiger partial charge in [0.15, 0.2) is 0 Å². The maximum absolute atomic E-state index is 2.12. The molecule has 0 aliphatic rings. The lowest BCUT2D eigenvalue weighted by Crippen LogP contribution is -1.73. The molecule has 0 unspecified atom stereocenters. The van der Waals surface area contributed by atoms with Gasteiger partial charge in [-0.15, -0.1) is 0 Å². The van der Waals surface area contributed by atoms with Gasteiger partial charge in [0, 0.05) is 0 Å². The number of rotatable bonds is 1. The van der Waals surface area contributed by atoms with E-state index in [-0.39, 0.29) is 0 Å². The minimum Gasteiger partial charge on any atom is -0.0683 e. The molecule has 0 aliphatic heterocycles. The highest BCUT2D eigenvalue weighted by Gasteiger charge is 1.91. The van der Waals surface area contributed by atoms with Crippen molar-refractivity contribution in [2.24, 2.45) is 0 Å². The maximum atomic E-state index is 2.12. The molecular weight excluding hydrogens is 240 g/mol. The smallest absolute Gasteiger partial charge is 0.0184 e. The van der Waals surface area contributed by atoms with Gasteiger partial charge >= 0.3 is 0 Å². The average Bonchev–Trinajstić information content (AvgIpc) is 2.63. The van der Waals surface area contributed by atoms with E-state index in [2.05, 4.69) is 48.5 Å². The summed E-state index contributed by atoms with van der Waals surface area (Å²) in [6, 6.07) is 20.8. The Morgan fingerprint density at radius 2 is 0.550 bits per heavy atom. The lowest BCUT2D eigenvalue weighted by Gasteiger charge is -1.98. The van der Waals surface area contributed by atoms with Crippen LogP contribution < -0.4 is 0 Å². The third-order valence-electron chi connectivity index (χ3n) is 1.88. The minimum atomic E-state index is 1.28. The van der Waals surface area contributed by atoms with Crippen LogP contribution in [0.5, 0.6) is 0 Å². The Kier molecular flexibility index (Phi) is 26.6. The lowest BCUT2D eigenvalue weighted by molar-refractivity contribution is 1.50. The van der Waals surface area contributed by atoms with E-state index >= 15 is 0 Å². The van der Waals surface area contributed by atoms with E-state index in [1.807, 2.05) is 67.5 Å². The first-order valence-electron chi connectivity index (χ1n) is 8.07. The predicted octanol–water partition coefficient (Wildman–Crippen LogP) is 7.46. The van der Waals surface area contributed by atoms with Gasteiger partial charge in [0.1, 0.15) is 0 Å². The molecule has 2 aromatic carbocycles. The molecule has 0 saturated heterocycles. The molecule has 0 radical (unpaired) electrons. The zero-order valence-corrected chi connectivity index (χ0v) is 14.8. The van der Waals surface area contributed by atoms with E-state index < -0.39 is 0 Å². The molecule has 20 heavy (non-hydrogen) atoms. The first-order chi connectivity index (χ1) is 9.97. The van der Waals surface area contributed by atoms with Crippen molar-refractivity contribution in [1.29, 1.82) is 0 Å². The van der Waals surface area contributed by atoms with Gasteiger partial charge in [-0.05, 0) is 11.1 Å². The standard InChI is InChI=1S/C12H10.4C2H6/c1-3-7-11(8-4-1)12-9-5-2-6-10-12;4*1-2/h1-10H;4*1-2H3. The van der Waals surface area contributed by atoms with E-state index in [1.165, 1.54) is 11.1 Å². The molecule has 0 heteroatoms. The van der Waals surface area contributed by atoms with Gasteiger partial charge in [0.2, 0.25) is 0 Å². The summed E-state index contributed by atoms with van der Waals surface area (Å²) < 4.78 is 0. The maximum Gasteiger partial charge on any atom is -0.0184 e. The van der Waals surface area contributed by atoms with Crippen LogP contribution in [-0.4, -0.2) is 0 Å². The Labute approximate surface area is 127 Å². The molecule has 0 saturated carbocycles. The minimum absolute atomic E-state index is 1.28. The van der Waals surface area contributed by atoms with Crippen molar-refractivity contribution in [1.82, 2.24) is 0 Å². The van der Waals surface area contributed by atoms with Crippen molar-refractivity contribution in [3.8, 4) is 11.1 Å². The molecule has 0 aromatic heterocycles. The van der Waals surface area contributed by atoms with Gasteiger partial charge < -0.3 is 0 Å². The molecule has 0 bridgehead atoms. The Hall–Kier alpha value is -1.56. The molecule has 0 N–H and O–H groups in total. The van der Waals surface area contributed by atoms with Crippen molar-refractivity contribution in [2.45, 2.75) is 55.4 Å². The van der Waals surface area contributed by atoms with Crippen molar-refractivity contribution >= 4 is 0 Å². The summed E-state index contributed by atoms with van der Waals surface area (Å²) in [5, 5.41) is 0. The van der Waals surface area contributed by atoms with Crippen LogP contribution >= 0.6 is 0 Å². The van der Waals surface area contributed by atoms with Crippen molar-refractivity contribution in [3.05, 3.63) is 60.7 Å². The monoisotopic (exact) mass is 274 g/mol. The molecule has 0 heterocycles. The van der Waals surface area contributed by atoms with Gasteiger partial charge in [-0.1, -0.05) is 116 Å². The fraction of sp³-hybridized carbons (Fsp3) is 0.400. The molecule has 0 spiro atoms. The van der Waals surface area contributed by atoms with E-state index in [0.29, 0.717) is 0 Å². The molecule has 0 aliphatic carbocycles. The highest BCUT2D eigenvalue weighted by atomic mass is 14.0. The van der Waals surface area contributed by atoms with Crippen molar-refractivity contribution in [3.63, 3.8) is 0 Å². The van der Waals surface area contributed by atoms with E-state index in [1.54, 1.807) is 0 Å². The second kappa shape index (κ2) is 22.6. The average molecular weight is 274 g/mol. The molecule has 0 nitrogen and oxygen atoms in total. The summed E-state index contributed by atoms with van der Waals surface area (Å²) >= 11 is 0. The molecule has 0 atom stereocenters. The van der Waals surface area contributed by atoms with Gasteiger partial charge in [0.25, 0.3) is 0 Å². The van der Waals surface area contributed by atoms with Crippen LogP contribution in [0.2, 0.25) is 0 Å². The fourth-order valence-corrected chi connectivity index (χ4v) is 1.26. The largest absolute Gasteiger partial charge is 0.0683 e. The van der Waals surface area contributed by atoms with Gasteiger partial charge in [-0.2, -0.15) is 0 Å². The lowest BCUT2D eigenvalue weighted by atomic mass is 10.1. The Morgan fingerprint density at radius 3 is 0.750 bits per heavy atom. The third kappa shape index (κ3) is 11.5. The summed E-state index contributed by atoms with van der Waals surface area (Å²) in [5.41, 5.74) is 2.55. The van der Waals surface area contributed by atoms with Gasteiger partial charge in [-0.3, -0.25) is 0 Å². The summed E-state index contributed by atoms with van der Waals surface area (Å²) in [4.78, 5) is 0. The van der Waals surface area contributed by atoms with Crippen LogP contribution in [0, 0.1) is 0 Å². The first-order valence-corrected chi connectivity index (χ1v) is 8.07. The van der Waals surface area contributed by atoms with Crippen molar-refractivity contribution in [2.75, 3.05) is 0 Å². The van der Waals surface area contributed by atoms with Gasteiger partial charge in [-0.25, -0.2) is 0 Å². The van der Waals surface area contributed by atoms with E-state index in [9.17, 15) is 0 Å². The van der Waals surface area contributed by atoms with E-state index in [4.69, 9.17) is 0 Å². The normalized spacial score (nSPS) is 7.00. The van der Waals surface area contributed by atoms with Crippen LogP contribution in [-0.2, 0) is 0 Å². The molecule has 2 aromatic rings. The number of hydrogen-bond acceptors (Lipinski definition) is 0. The molecule has 0 fully saturated rings. The molecule has 2 rings (SSSR count). The Balaban J connectivity index is -0.000000314. The number of hydrogen-bond donors (Lipinski definition) is 0. The Morgan fingerprint density at radius 1 is 0.350 bits per heavy atom. The third-order valence-corrected chi connectivity index (χ3v) is 1.88. The highest BCUT2D eigenvalue weighted by Crippen LogP contribution is 2.17. The second-order valence-electron chi connectivity index (χ2n) is 2.73. The highest BCUT2D eigenvalue weighted by molar-refractivity contribution is 5.62. The van der Waals surface area contributed by atoms with Crippen LogP contribution in [0.15, 0.2) is 60.7 Å². The molecule has 0 amide bonds. The molecule has 114 valence electrons. The SMILES string of the molecule is CC.CC.CC.CC.c1ccc(-c2ccccc2)cc1. The summed E-state index contributed by atoms with van der Waals surface area (Å²) in [5.74, 6) is 0. The number of benzene rings is 2. The Bertz CT molecular complexity index is 297. The van der Waals surface area contributed by atoms with E-state index in [0.717, 1.165) is 0 Å². The second-order valence-corrected chi connectivity index (χ2v) is 2.73. The quantitative estimate of drug-likeness (QED) is 0.506. The molecular formula is C20H34. The topological polar surface area (TPSA) is 0 Å². The van der Waals surface area contributed by atoms with Gasteiger partial charge in [0.05, 0.1) is 0 Å². The summed E-state index contributed by atoms with van der Waals surface area (Å²) in [6.07, 6.45) is 0. The van der Waals surface area contributed by atoms with Crippen LogP contribution in [0.4, 0.5) is 0 Å². The zero-order chi connectivity index (χ0) is 16.2. The predicted molar refractivity (Wildman–Crippen MR) is 97.3 cm³/mol. The van der Waals surface area contributed by atoms with Crippen molar-refractivity contribution < 1.29 is 0 Å². The fourth-order valence-electron chi connectivity index (χ4n) is 1.26. The first kappa shape index (κ1) is 23.5. The zero-order valence-electron chi connectivity index (χ0n) is 14.8. The summed E-state index contributed by atoms with van der Waals surface area (Å²) in [7, 11) is 0.